The van der Waals surface area contributed by atoms with Gasteiger partial charge in [0, 0.05) is 17.5 Å². The lowest BCUT2D eigenvalue weighted by molar-refractivity contribution is -0.113. The SMILES string of the molecule is COc1ccc(-c2csc(NC(=O)CSC3=NCCN3)n2)cc1OC. The number of aromatic nitrogens is 1. The summed E-state index contributed by atoms with van der Waals surface area (Å²) in [6.07, 6.45) is 0. The summed E-state index contributed by atoms with van der Waals surface area (Å²) in [7, 11) is 3.19. The molecular formula is C16H18N4O3S2. The number of nitrogens with zero attached hydrogens (tertiary/aromatic N) is 2. The molecule has 0 spiro atoms. The number of ether oxygens (including phenoxy) is 2. The molecule has 2 aromatic rings. The molecule has 0 aliphatic carbocycles. The van der Waals surface area contributed by atoms with E-state index in [1.165, 1.54) is 23.1 Å². The molecule has 1 amide bonds. The molecular weight excluding hydrogens is 360 g/mol. The van der Waals surface area contributed by atoms with E-state index in [0.29, 0.717) is 22.4 Å². The van der Waals surface area contributed by atoms with E-state index >= 15 is 0 Å². The second kappa shape index (κ2) is 8.21. The number of benzene rings is 1. The summed E-state index contributed by atoms with van der Waals surface area (Å²) >= 11 is 2.78. The number of thiazole rings is 1. The molecule has 132 valence electrons. The Morgan fingerprint density at radius 1 is 1.36 bits per heavy atom. The molecule has 0 atom stereocenters. The van der Waals surface area contributed by atoms with E-state index < -0.39 is 0 Å². The molecule has 1 aromatic carbocycles. The van der Waals surface area contributed by atoms with Crippen molar-refractivity contribution in [3.05, 3.63) is 23.6 Å². The highest BCUT2D eigenvalue weighted by Gasteiger charge is 2.13. The van der Waals surface area contributed by atoms with E-state index in [4.69, 9.17) is 9.47 Å². The van der Waals surface area contributed by atoms with Crippen LogP contribution < -0.4 is 20.1 Å². The van der Waals surface area contributed by atoms with Crippen LogP contribution in [0.15, 0.2) is 28.6 Å². The highest BCUT2D eigenvalue weighted by molar-refractivity contribution is 8.14. The number of carbonyl (C=O) groups excluding carboxylic acids is 1. The number of hydrogen-bond donors (Lipinski definition) is 2. The summed E-state index contributed by atoms with van der Waals surface area (Å²) in [5.74, 6) is 1.50. The Bertz CT molecular complexity index is 791. The number of methoxy groups -OCH3 is 2. The van der Waals surface area contributed by atoms with Gasteiger partial charge in [-0.1, -0.05) is 11.8 Å². The Kier molecular flexibility index (Phi) is 5.77. The van der Waals surface area contributed by atoms with E-state index in [9.17, 15) is 4.79 Å². The summed E-state index contributed by atoms with van der Waals surface area (Å²) in [5, 5.41) is 9.22. The molecule has 1 aliphatic heterocycles. The van der Waals surface area contributed by atoms with Gasteiger partial charge in [0.25, 0.3) is 0 Å². The fourth-order valence-electron chi connectivity index (χ4n) is 2.22. The number of aliphatic imine (C=N–C) groups is 1. The second-order valence-corrected chi connectivity index (χ2v) is 6.88. The highest BCUT2D eigenvalue weighted by atomic mass is 32.2. The predicted molar refractivity (Wildman–Crippen MR) is 102 cm³/mol. The summed E-state index contributed by atoms with van der Waals surface area (Å²) in [4.78, 5) is 20.7. The van der Waals surface area contributed by atoms with Crippen molar-refractivity contribution in [1.82, 2.24) is 10.3 Å². The topological polar surface area (TPSA) is 84.8 Å². The van der Waals surface area contributed by atoms with Gasteiger partial charge in [-0.3, -0.25) is 9.79 Å². The Hall–Kier alpha value is -2.26. The van der Waals surface area contributed by atoms with Gasteiger partial charge in [0.05, 0.1) is 32.2 Å². The third-order valence-corrected chi connectivity index (χ3v) is 5.12. The number of carbonyl (C=O) groups is 1. The number of hydrogen-bond acceptors (Lipinski definition) is 8. The van der Waals surface area contributed by atoms with Gasteiger partial charge in [-0.05, 0) is 18.2 Å². The Morgan fingerprint density at radius 3 is 2.92 bits per heavy atom. The minimum absolute atomic E-state index is 0.102. The zero-order valence-electron chi connectivity index (χ0n) is 13.9. The molecule has 9 heteroatoms. The van der Waals surface area contributed by atoms with Crippen LogP contribution in [0.1, 0.15) is 0 Å². The lowest BCUT2D eigenvalue weighted by Crippen LogP contribution is -2.20. The fourth-order valence-corrected chi connectivity index (χ4v) is 3.68. The van der Waals surface area contributed by atoms with Gasteiger partial charge < -0.3 is 20.1 Å². The molecule has 7 nitrogen and oxygen atoms in total. The maximum atomic E-state index is 12.0. The van der Waals surface area contributed by atoms with Crippen molar-refractivity contribution in [3.8, 4) is 22.8 Å². The van der Waals surface area contributed by atoms with E-state index in [1.807, 2.05) is 23.6 Å². The van der Waals surface area contributed by atoms with Gasteiger partial charge in [-0.15, -0.1) is 11.3 Å². The van der Waals surface area contributed by atoms with Crippen LogP contribution in [-0.4, -0.2) is 49.1 Å². The maximum absolute atomic E-state index is 12.0. The Balaban J connectivity index is 1.62. The molecule has 2 heterocycles. The number of nitrogens with one attached hydrogen (secondary N) is 2. The fraction of sp³-hybridized carbons (Fsp3) is 0.312. The van der Waals surface area contributed by atoms with Crippen molar-refractivity contribution in [2.45, 2.75) is 0 Å². The highest BCUT2D eigenvalue weighted by Crippen LogP contribution is 2.33. The van der Waals surface area contributed by atoms with Gasteiger partial charge in [0.2, 0.25) is 5.91 Å². The van der Waals surface area contributed by atoms with Crippen LogP contribution >= 0.6 is 23.1 Å². The minimum atomic E-state index is -0.102. The van der Waals surface area contributed by atoms with Crippen LogP contribution in [0.3, 0.4) is 0 Å². The van der Waals surface area contributed by atoms with Crippen LogP contribution in [0.4, 0.5) is 5.13 Å². The van der Waals surface area contributed by atoms with Gasteiger partial charge in [0.15, 0.2) is 21.8 Å². The molecule has 0 fully saturated rings. The van der Waals surface area contributed by atoms with Crippen molar-refractivity contribution < 1.29 is 14.3 Å². The molecule has 3 rings (SSSR count). The normalized spacial score (nSPS) is 13.1. The Labute approximate surface area is 153 Å². The number of thioether (sulfide) groups is 1. The van der Waals surface area contributed by atoms with Crippen LogP contribution in [0, 0.1) is 0 Å². The van der Waals surface area contributed by atoms with Crippen LogP contribution in [0.2, 0.25) is 0 Å². The van der Waals surface area contributed by atoms with Crippen LogP contribution in [-0.2, 0) is 4.79 Å². The summed E-state index contributed by atoms with van der Waals surface area (Å²) < 4.78 is 10.5. The molecule has 0 unspecified atom stereocenters. The maximum Gasteiger partial charge on any atom is 0.236 e. The summed E-state index contributed by atoms with van der Waals surface area (Å²) in [6.45, 7) is 1.61. The third kappa shape index (κ3) is 4.43. The average molecular weight is 378 g/mol. The van der Waals surface area contributed by atoms with Crippen LogP contribution in [0.5, 0.6) is 11.5 Å². The molecule has 0 radical (unpaired) electrons. The van der Waals surface area contributed by atoms with Crippen molar-refractivity contribution in [1.29, 1.82) is 0 Å². The molecule has 25 heavy (non-hydrogen) atoms. The van der Waals surface area contributed by atoms with Crippen molar-refractivity contribution in [3.63, 3.8) is 0 Å². The number of amides is 1. The smallest absolute Gasteiger partial charge is 0.236 e. The zero-order valence-corrected chi connectivity index (χ0v) is 15.5. The minimum Gasteiger partial charge on any atom is -0.493 e. The average Bonchev–Trinajstić information content (AvgIpc) is 3.31. The summed E-state index contributed by atoms with van der Waals surface area (Å²) in [5.41, 5.74) is 1.67. The first-order chi connectivity index (χ1) is 12.2. The van der Waals surface area contributed by atoms with Crippen molar-refractivity contribution in [2.24, 2.45) is 4.99 Å². The van der Waals surface area contributed by atoms with Crippen molar-refractivity contribution in [2.75, 3.05) is 38.4 Å². The van der Waals surface area contributed by atoms with Gasteiger partial charge in [-0.2, -0.15) is 0 Å². The first-order valence-electron chi connectivity index (χ1n) is 7.58. The number of amidine groups is 1. The third-order valence-electron chi connectivity index (χ3n) is 3.41. The largest absolute Gasteiger partial charge is 0.493 e. The monoisotopic (exact) mass is 378 g/mol. The second-order valence-electron chi connectivity index (χ2n) is 5.06. The first kappa shape index (κ1) is 17.6. The van der Waals surface area contributed by atoms with E-state index in [1.54, 1.807) is 14.2 Å². The lowest BCUT2D eigenvalue weighted by atomic mass is 10.1. The quantitative estimate of drug-likeness (QED) is 0.803. The standard InChI is InChI=1S/C16H18N4O3S2/c1-22-12-4-3-10(7-13(12)23-2)11-8-24-16(19-11)20-14(21)9-25-15-17-5-6-18-15/h3-4,7-8H,5-6,9H2,1-2H3,(H,17,18)(H,19,20,21). The molecule has 0 bridgehead atoms. The molecule has 0 saturated carbocycles. The Morgan fingerprint density at radius 2 is 2.20 bits per heavy atom. The molecule has 0 saturated heterocycles. The number of anilines is 1. The molecule has 1 aliphatic rings. The summed E-state index contributed by atoms with van der Waals surface area (Å²) in [6, 6.07) is 5.60. The number of rotatable bonds is 6. The van der Waals surface area contributed by atoms with E-state index in [-0.39, 0.29) is 5.91 Å². The molecule has 2 N–H and O–H groups in total. The van der Waals surface area contributed by atoms with Crippen molar-refractivity contribution >= 4 is 39.3 Å². The van der Waals surface area contributed by atoms with Gasteiger partial charge in [0.1, 0.15) is 0 Å². The van der Waals surface area contributed by atoms with Gasteiger partial charge in [-0.25, -0.2) is 4.98 Å². The van der Waals surface area contributed by atoms with Crippen LogP contribution in [0.25, 0.3) is 11.3 Å². The predicted octanol–water partition coefficient (Wildman–Crippen LogP) is 2.46. The van der Waals surface area contributed by atoms with E-state index in [2.05, 4.69) is 20.6 Å². The van der Waals surface area contributed by atoms with Gasteiger partial charge >= 0.3 is 0 Å². The molecule has 1 aromatic heterocycles. The van der Waals surface area contributed by atoms with E-state index in [0.717, 1.165) is 29.5 Å². The first-order valence-corrected chi connectivity index (χ1v) is 9.45. The zero-order chi connectivity index (χ0) is 17.6. The lowest BCUT2D eigenvalue weighted by Gasteiger charge is -2.08.